The van der Waals surface area contributed by atoms with Gasteiger partial charge in [0, 0.05) is 24.2 Å². The quantitative estimate of drug-likeness (QED) is 0.615. The Balaban J connectivity index is 2.79. The summed E-state index contributed by atoms with van der Waals surface area (Å²) in [5.41, 5.74) is 9.23. The van der Waals surface area contributed by atoms with E-state index in [0.717, 1.165) is 25.3 Å². The zero-order valence-electron chi connectivity index (χ0n) is 12.2. The fourth-order valence-electron chi connectivity index (χ4n) is 2.25. The summed E-state index contributed by atoms with van der Waals surface area (Å²) in [5, 5.41) is 0. The number of nitrogens with two attached hydrogens (primary N) is 1. The maximum absolute atomic E-state index is 5.74. The van der Waals surface area contributed by atoms with E-state index >= 15 is 0 Å². The third kappa shape index (κ3) is 4.19. The van der Waals surface area contributed by atoms with Crippen molar-refractivity contribution in [3.8, 4) is 0 Å². The molecule has 0 atom stereocenters. The lowest BCUT2D eigenvalue weighted by atomic mass is 9.84. The fraction of sp³-hybridized carbons (Fsp3) is 0.500. The second-order valence-corrected chi connectivity index (χ2v) is 5.77. The van der Waals surface area contributed by atoms with Gasteiger partial charge in [0.1, 0.15) is 0 Å². The van der Waals surface area contributed by atoms with E-state index in [-0.39, 0.29) is 5.41 Å². The topological polar surface area (TPSA) is 29.3 Å². The van der Waals surface area contributed by atoms with Crippen LogP contribution in [0.1, 0.15) is 33.3 Å². The largest absolute Gasteiger partial charge is 0.399 e. The molecule has 0 bridgehead atoms. The number of likely N-dealkylation sites (N-methyl/N-ethyl adjacent to an activating group) is 1. The maximum atomic E-state index is 5.74. The molecule has 0 spiro atoms. The minimum absolute atomic E-state index is 0.124. The first-order valence-corrected chi connectivity index (χ1v) is 6.58. The summed E-state index contributed by atoms with van der Waals surface area (Å²) in [4.78, 5) is 2.43. The molecule has 1 aromatic carbocycles. The van der Waals surface area contributed by atoms with Crippen molar-refractivity contribution in [1.29, 1.82) is 0 Å². The minimum atomic E-state index is 0.124. The summed E-state index contributed by atoms with van der Waals surface area (Å²) >= 11 is 0. The molecule has 0 amide bonds. The van der Waals surface area contributed by atoms with Gasteiger partial charge in [-0.25, -0.2) is 0 Å². The zero-order valence-corrected chi connectivity index (χ0v) is 12.2. The summed E-state index contributed by atoms with van der Waals surface area (Å²) < 4.78 is 0. The molecule has 0 aliphatic carbocycles. The molecular formula is C16H26N2. The molecule has 0 fully saturated rings. The van der Waals surface area contributed by atoms with E-state index in [4.69, 9.17) is 5.73 Å². The summed E-state index contributed by atoms with van der Waals surface area (Å²) in [5.74, 6) is 0. The van der Waals surface area contributed by atoms with Gasteiger partial charge < -0.3 is 5.73 Å². The lowest BCUT2D eigenvalue weighted by Crippen LogP contribution is -2.37. The second kappa shape index (κ2) is 6.05. The van der Waals surface area contributed by atoms with Gasteiger partial charge in [-0.15, -0.1) is 0 Å². The Hall–Kier alpha value is -1.28. The zero-order chi connectivity index (χ0) is 13.8. The van der Waals surface area contributed by atoms with E-state index < -0.39 is 0 Å². The number of benzene rings is 1. The number of hydrogen-bond acceptors (Lipinski definition) is 2. The van der Waals surface area contributed by atoms with Crippen molar-refractivity contribution in [3.05, 3.63) is 42.0 Å². The number of nitrogens with zero attached hydrogens (tertiary/aromatic N) is 1. The Morgan fingerprint density at radius 3 is 2.28 bits per heavy atom. The molecular weight excluding hydrogens is 220 g/mol. The van der Waals surface area contributed by atoms with Crippen molar-refractivity contribution in [2.45, 2.75) is 33.1 Å². The number of hydrogen-bond donors (Lipinski definition) is 1. The average Bonchev–Trinajstić information content (AvgIpc) is 2.27. The molecule has 2 heteroatoms. The first-order chi connectivity index (χ1) is 8.35. The maximum Gasteiger partial charge on any atom is 0.0314 e. The minimum Gasteiger partial charge on any atom is -0.399 e. The second-order valence-electron chi connectivity index (χ2n) is 5.77. The Morgan fingerprint density at radius 1 is 1.28 bits per heavy atom. The van der Waals surface area contributed by atoms with E-state index in [1.807, 2.05) is 12.1 Å². The van der Waals surface area contributed by atoms with E-state index in [2.05, 4.69) is 51.3 Å². The van der Waals surface area contributed by atoms with E-state index in [0.29, 0.717) is 0 Å². The van der Waals surface area contributed by atoms with Crippen LogP contribution >= 0.6 is 0 Å². The van der Waals surface area contributed by atoms with Crippen LogP contribution in [0.3, 0.4) is 0 Å². The predicted octanol–water partition coefficient (Wildman–Crippen LogP) is 3.44. The molecule has 0 aromatic heterocycles. The lowest BCUT2D eigenvalue weighted by Gasteiger charge is -2.32. The van der Waals surface area contributed by atoms with Crippen molar-refractivity contribution in [2.24, 2.45) is 0 Å². The summed E-state index contributed by atoms with van der Waals surface area (Å²) in [6.45, 7) is 15.9. The van der Waals surface area contributed by atoms with Crippen molar-refractivity contribution in [3.63, 3.8) is 0 Å². The van der Waals surface area contributed by atoms with Crippen LogP contribution in [0.25, 0.3) is 0 Å². The molecule has 1 aromatic rings. The Bertz CT molecular complexity index is 390. The van der Waals surface area contributed by atoms with Crippen LogP contribution in [0.4, 0.5) is 5.69 Å². The van der Waals surface area contributed by atoms with Gasteiger partial charge in [-0.05, 0) is 31.2 Å². The number of anilines is 1. The Kier molecular flexibility index (Phi) is 4.97. The fourth-order valence-corrected chi connectivity index (χ4v) is 2.25. The van der Waals surface area contributed by atoms with Gasteiger partial charge in [-0.2, -0.15) is 0 Å². The van der Waals surface area contributed by atoms with Crippen molar-refractivity contribution >= 4 is 5.69 Å². The monoisotopic (exact) mass is 246 g/mol. The summed E-state index contributed by atoms with van der Waals surface area (Å²) in [6.07, 6.45) is 0. The molecule has 0 aliphatic rings. The highest BCUT2D eigenvalue weighted by Crippen LogP contribution is 2.25. The summed E-state index contributed by atoms with van der Waals surface area (Å²) in [7, 11) is 0. The van der Waals surface area contributed by atoms with Gasteiger partial charge in [-0.1, -0.05) is 45.1 Å². The first kappa shape index (κ1) is 14.8. The average molecular weight is 246 g/mol. The van der Waals surface area contributed by atoms with Gasteiger partial charge in [-0.3, -0.25) is 4.90 Å². The highest BCUT2D eigenvalue weighted by Gasteiger charge is 2.23. The Labute approximate surface area is 111 Å². The van der Waals surface area contributed by atoms with Gasteiger partial charge in [0.05, 0.1) is 0 Å². The van der Waals surface area contributed by atoms with E-state index in [1.165, 1.54) is 11.1 Å². The predicted molar refractivity (Wildman–Crippen MR) is 80.8 cm³/mol. The standard InChI is InChI=1S/C16H26N2/c1-6-18(11-13(2)3)12-16(4,5)14-7-9-15(17)10-8-14/h7-10H,2,6,11-12,17H2,1,3-5H3. The molecule has 100 valence electrons. The van der Waals surface area contributed by atoms with Crippen LogP contribution in [0.5, 0.6) is 0 Å². The summed E-state index contributed by atoms with van der Waals surface area (Å²) in [6, 6.07) is 8.21. The molecule has 0 radical (unpaired) electrons. The normalized spacial score (nSPS) is 11.8. The van der Waals surface area contributed by atoms with Crippen LogP contribution in [0, 0.1) is 0 Å². The number of rotatable bonds is 6. The van der Waals surface area contributed by atoms with Crippen molar-refractivity contribution in [1.82, 2.24) is 4.90 Å². The van der Waals surface area contributed by atoms with Crippen LogP contribution in [-0.2, 0) is 5.41 Å². The van der Waals surface area contributed by atoms with Gasteiger partial charge in [0.15, 0.2) is 0 Å². The van der Waals surface area contributed by atoms with Crippen LogP contribution < -0.4 is 5.73 Å². The van der Waals surface area contributed by atoms with E-state index in [1.54, 1.807) is 0 Å². The van der Waals surface area contributed by atoms with Crippen LogP contribution in [0.2, 0.25) is 0 Å². The smallest absolute Gasteiger partial charge is 0.0314 e. The van der Waals surface area contributed by atoms with E-state index in [9.17, 15) is 0 Å². The molecule has 0 unspecified atom stereocenters. The molecule has 0 heterocycles. The molecule has 0 saturated carbocycles. The molecule has 2 nitrogen and oxygen atoms in total. The number of nitrogen functional groups attached to an aromatic ring is 1. The molecule has 0 saturated heterocycles. The lowest BCUT2D eigenvalue weighted by molar-refractivity contribution is 0.251. The first-order valence-electron chi connectivity index (χ1n) is 6.58. The highest BCUT2D eigenvalue weighted by molar-refractivity contribution is 5.41. The van der Waals surface area contributed by atoms with Gasteiger partial charge in [0.2, 0.25) is 0 Å². The SMILES string of the molecule is C=C(C)CN(CC)CC(C)(C)c1ccc(N)cc1. The third-order valence-electron chi connectivity index (χ3n) is 3.25. The molecule has 18 heavy (non-hydrogen) atoms. The molecule has 0 aliphatic heterocycles. The van der Waals surface area contributed by atoms with Crippen molar-refractivity contribution in [2.75, 3.05) is 25.4 Å². The third-order valence-corrected chi connectivity index (χ3v) is 3.25. The van der Waals surface area contributed by atoms with Gasteiger partial charge in [0.25, 0.3) is 0 Å². The van der Waals surface area contributed by atoms with Crippen LogP contribution in [0.15, 0.2) is 36.4 Å². The Morgan fingerprint density at radius 2 is 1.83 bits per heavy atom. The molecule has 1 rings (SSSR count). The van der Waals surface area contributed by atoms with Crippen LogP contribution in [-0.4, -0.2) is 24.5 Å². The molecule has 2 N–H and O–H groups in total. The highest BCUT2D eigenvalue weighted by atomic mass is 15.1. The van der Waals surface area contributed by atoms with Crippen molar-refractivity contribution < 1.29 is 0 Å². The van der Waals surface area contributed by atoms with Gasteiger partial charge >= 0.3 is 0 Å².